The third kappa shape index (κ3) is 17.9. The first-order valence-corrected chi connectivity index (χ1v) is 5.91. The van der Waals surface area contributed by atoms with Crippen molar-refractivity contribution in [2.75, 3.05) is 40.8 Å². The molecule has 14 heavy (non-hydrogen) atoms. The van der Waals surface area contributed by atoms with Gasteiger partial charge in [-0.2, -0.15) is 0 Å². The maximum Gasteiger partial charge on any atom is -0.00214 e. The summed E-state index contributed by atoms with van der Waals surface area (Å²) in [5.74, 6) is 0. The highest BCUT2D eigenvalue weighted by atomic mass is 15.1. The van der Waals surface area contributed by atoms with Gasteiger partial charge >= 0.3 is 0 Å². The molecular weight excluding hydrogens is 172 g/mol. The fraction of sp³-hybridized carbons (Fsp3) is 1.00. The lowest BCUT2D eigenvalue weighted by molar-refractivity contribution is 0.275. The maximum atomic E-state index is 2.54. The molecule has 88 valence electrons. The summed E-state index contributed by atoms with van der Waals surface area (Å²) in [5, 5.41) is 0. The average Bonchev–Trinajstić information content (AvgIpc) is 2.04. The SMILES string of the molecule is CCCN(CCC)CCC.CN(C)C. The third-order valence-electron chi connectivity index (χ3n) is 1.62. The summed E-state index contributed by atoms with van der Waals surface area (Å²) in [6, 6.07) is 0. The van der Waals surface area contributed by atoms with Gasteiger partial charge in [-0.25, -0.2) is 0 Å². The van der Waals surface area contributed by atoms with E-state index >= 15 is 0 Å². The normalized spacial score (nSPS) is 10.3. The molecule has 0 aliphatic heterocycles. The number of hydrogen-bond donors (Lipinski definition) is 0. The summed E-state index contributed by atoms with van der Waals surface area (Å²) in [6.45, 7) is 10.6. The van der Waals surface area contributed by atoms with Crippen molar-refractivity contribution in [1.29, 1.82) is 0 Å². The van der Waals surface area contributed by atoms with Crippen LogP contribution in [0.3, 0.4) is 0 Å². The Labute approximate surface area is 91.3 Å². The molecule has 0 spiro atoms. The van der Waals surface area contributed by atoms with Crippen LogP contribution in [0.15, 0.2) is 0 Å². The smallest absolute Gasteiger partial charge is 0.00214 e. The molecule has 0 fully saturated rings. The Morgan fingerprint density at radius 3 is 1.00 bits per heavy atom. The standard InChI is InChI=1S/C9H21N.C3H9N/c1-4-7-10(8-5-2)9-6-3;1-4(2)3/h4-9H2,1-3H3;1-3H3. The molecule has 0 rings (SSSR count). The molecule has 0 bridgehead atoms. The van der Waals surface area contributed by atoms with E-state index in [-0.39, 0.29) is 0 Å². The molecule has 0 unspecified atom stereocenters. The van der Waals surface area contributed by atoms with Crippen LogP contribution in [0.2, 0.25) is 0 Å². The van der Waals surface area contributed by atoms with E-state index < -0.39 is 0 Å². The fourth-order valence-electron chi connectivity index (χ4n) is 1.28. The summed E-state index contributed by atoms with van der Waals surface area (Å²) >= 11 is 0. The van der Waals surface area contributed by atoms with Crippen molar-refractivity contribution in [3.8, 4) is 0 Å². The van der Waals surface area contributed by atoms with Crippen LogP contribution >= 0.6 is 0 Å². The predicted molar refractivity (Wildman–Crippen MR) is 66.9 cm³/mol. The fourth-order valence-corrected chi connectivity index (χ4v) is 1.28. The van der Waals surface area contributed by atoms with Gasteiger partial charge in [-0.1, -0.05) is 20.8 Å². The zero-order valence-electron chi connectivity index (χ0n) is 11.1. The monoisotopic (exact) mass is 202 g/mol. The Kier molecular flexibility index (Phi) is 15.1. The average molecular weight is 202 g/mol. The highest BCUT2D eigenvalue weighted by Gasteiger charge is 1.98. The summed E-state index contributed by atoms with van der Waals surface area (Å²) < 4.78 is 0. The minimum absolute atomic E-state index is 1.28. The lowest BCUT2D eigenvalue weighted by atomic mass is 10.3. The van der Waals surface area contributed by atoms with Gasteiger partial charge in [0.25, 0.3) is 0 Å². The van der Waals surface area contributed by atoms with E-state index in [2.05, 4.69) is 25.7 Å². The zero-order chi connectivity index (χ0) is 11.4. The summed E-state index contributed by atoms with van der Waals surface area (Å²) in [4.78, 5) is 4.54. The molecule has 0 aromatic heterocycles. The van der Waals surface area contributed by atoms with Crippen molar-refractivity contribution in [3.05, 3.63) is 0 Å². The van der Waals surface area contributed by atoms with Gasteiger partial charge in [0.2, 0.25) is 0 Å². The van der Waals surface area contributed by atoms with Gasteiger partial charge in [0.1, 0.15) is 0 Å². The number of hydrogen-bond acceptors (Lipinski definition) is 2. The molecule has 0 aliphatic rings. The first kappa shape index (κ1) is 16.4. The Balaban J connectivity index is 0. The van der Waals surface area contributed by atoms with Gasteiger partial charge in [0.15, 0.2) is 0 Å². The highest BCUT2D eigenvalue weighted by molar-refractivity contribution is 4.53. The molecule has 0 N–H and O–H groups in total. The van der Waals surface area contributed by atoms with Gasteiger partial charge < -0.3 is 9.80 Å². The maximum absolute atomic E-state index is 2.54. The summed E-state index contributed by atoms with van der Waals surface area (Å²) in [5.41, 5.74) is 0. The van der Waals surface area contributed by atoms with E-state index in [1.54, 1.807) is 0 Å². The van der Waals surface area contributed by atoms with Crippen LogP contribution in [0.25, 0.3) is 0 Å². The lowest BCUT2D eigenvalue weighted by Gasteiger charge is -2.19. The molecular formula is C12H30N2. The molecule has 0 heterocycles. The molecule has 0 radical (unpaired) electrons. The Bertz CT molecular complexity index is 75.3. The quantitative estimate of drug-likeness (QED) is 0.653. The molecule has 0 aliphatic carbocycles. The van der Waals surface area contributed by atoms with E-state index in [9.17, 15) is 0 Å². The number of rotatable bonds is 6. The van der Waals surface area contributed by atoms with Crippen LogP contribution in [-0.4, -0.2) is 50.6 Å². The van der Waals surface area contributed by atoms with E-state index in [1.807, 2.05) is 26.0 Å². The highest BCUT2D eigenvalue weighted by Crippen LogP contribution is 1.94. The largest absolute Gasteiger partial charge is 0.312 e. The van der Waals surface area contributed by atoms with Crippen molar-refractivity contribution in [1.82, 2.24) is 9.80 Å². The van der Waals surface area contributed by atoms with Crippen LogP contribution in [-0.2, 0) is 0 Å². The zero-order valence-corrected chi connectivity index (χ0v) is 11.1. The van der Waals surface area contributed by atoms with Crippen LogP contribution < -0.4 is 0 Å². The predicted octanol–water partition coefficient (Wildman–Crippen LogP) is 2.70. The topological polar surface area (TPSA) is 6.48 Å². The molecule has 0 atom stereocenters. The minimum atomic E-state index is 1.28. The van der Waals surface area contributed by atoms with Gasteiger partial charge in [0, 0.05) is 0 Å². The summed E-state index contributed by atoms with van der Waals surface area (Å²) in [7, 11) is 6.00. The molecule has 0 saturated carbocycles. The molecule has 0 aromatic rings. The second kappa shape index (κ2) is 12.9. The minimum Gasteiger partial charge on any atom is -0.312 e. The van der Waals surface area contributed by atoms with E-state index in [1.165, 1.54) is 38.9 Å². The van der Waals surface area contributed by atoms with Crippen LogP contribution in [0.1, 0.15) is 40.0 Å². The van der Waals surface area contributed by atoms with Crippen molar-refractivity contribution in [3.63, 3.8) is 0 Å². The van der Waals surface area contributed by atoms with Crippen molar-refractivity contribution < 1.29 is 0 Å². The molecule has 2 nitrogen and oxygen atoms in total. The first-order chi connectivity index (χ1) is 6.58. The van der Waals surface area contributed by atoms with Gasteiger partial charge in [0.05, 0.1) is 0 Å². The molecule has 2 heteroatoms. The van der Waals surface area contributed by atoms with Crippen LogP contribution in [0, 0.1) is 0 Å². The van der Waals surface area contributed by atoms with Crippen LogP contribution in [0.5, 0.6) is 0 Å². The van der Waals surface area contributed by atoms with Gasteiger partial charge in [-0.05, 0) is 60.0 Å². The lowest BCUT2D eigenvalue weighted by Crippen LogP contribution is -2.25. The Hall–Kier alpha value is -0.0800. The molecule has 0 saturated heterocycles. The second-order valence-electron chi connectivity index (χ2n) is 4.18. The van der Waals surface area contributed by atoms with E-state index in [0.29, 0.717) is 0 Å². The Morgan fingerprint density at radius 1 is 0.643 bits per heavy atom. The third-order valence-corrected chi connectivity index (χ3v) is 1.62. The van der Waals surface area contributed by atoms with Gasteiger partial charge in [-0.3, -0.25) is 0 Å². The summed E-state index contributed by atoms with van der Waals surface area (Å²) in [6.07, 6.45) is 3.88. The van der Waals surface area contributed by atoms with E-state index in [4.69, 9.17) is 0 Å². The van der Waals surface area contributed by atoms with Crippen LogP contribution in [0.4, 0.5) is 0 Å². The van der Waals surface area contributed by atoms with Crippen molar-refractivity contribution in [2.45, 2.75) is 40.0 Å². The number of nitrogens with zero attached hydrogens (tertiary/aromatic N) is 2. The van der Waals surface area contributed by atoms with Gasteiger partial charge in [-0.15, -0.1) is 0 Å². The second-order valence-corrected chi connectivity index (χ2v) is 4.18. The van der Waals surface area contributed by atoms with E-state index in [0.717, 1.165) is 0 Å². The molecule has 0 amide bonds. The first-order valence-electron chi connectivity index (χ1n) is 5.91. The van der Waals surface area contributed by atoms with Crippen molar-refractivity contribution in [2.24, 2.45) is 0 Å². The Morgan fingerprint density at radius 2 is 0.857 bits per heavy atom. The molecule has 0 aromatic carbocycles. The van der Waals surface area contributed by atoms with Crippen molar-refractivity contribution >= 4 is 0 Å².